The number of rotatable bonds is 5. The standard InChI is InChI=1S/C19H16N4O3S2/c1-3-12-10-15(24)23-18(21-12)28-19(22-23)26-14-6-4-13(5-7-14)20-17(25)16-11(2)8-9-27-16/h4-10H,3H2,1-2H3,(H,20,25). The molecule has 0 atom stereocenters. The summed E-state index contributed by atoms with van der Waals surface area (Å²) < 4.78 is 6.97. The number of hydrogen-bond donors (Lipinski definition) is 1. The number of aromatic nitrogens is 3. The fraction of sp³-hybridized carbons (Fsp3) is 0.158. The van der Waals surface area contributed by atoms with Gasteiger partial charge in [0, 0.05) is 17.4 Å². The van der Waals surface area contributed by atoms with Crippen molar-refractivity contribution in [2.75, 3.05) is 5.32 Å². The molecule has 3 heterocycles. The summed E-state index contributed by atoms with van der Waals surface area (Å²) in [6, 6.07) is 10.4. The molecule has 0 saturated carbocycles. The molecule has 4 aromatic rings. The lowest BCUT2D eigenvalue weighted by atomic mass is 10.2. The average Bonchev–Trinajstić information content (AvgIpc) is 3.29. The van der Waals surface area contributed by atoms with Gasteiger partial charge in [-0.15, -0.1) is 16.4 Å². The zero-order valence-corrected chi connectivity index (χ0v) is 16.8. The monoisotopic (exact) mass is 412 g/mol. The highest BCUT2D eigenvalue weighted by Gasteiger charge is 2.12. The Balaban J connectivity index is 1.49. The Labute approximate surface area is 168 Å². The Kier molecular flexibility index (Phi) is 4.93. The van der Waals surface area contributed by atoms with Crippen molar-refractivity contribution >= 4 is 39.2 Å². The maximum atomic E-state index is 12.3. The molecule has 0 aliphatic rings. The van der Waals surface area contributed by atoms with Crippen LogP contribution in [0.5, 0.6) is 10.9 Å². The smallest absolute Gasteiger partial charge is 0.299 e. The van der Waals surface area contributed by atoms with Crippen LogP contribution in [0, 0.1) is 6.92 Å². The summed E-state index contributed by atoms with van der Waals surface area (Å²) in [5.41, 5.74) is 2.12. The van der Waals surface area contributed by atoms with Gasteiger partial charge in [-0.2, -0.15) is 4.52 Å². The lowest BCUT2D eigenvalue weighted by Gasteiger charge is -2.06. The summed E-state index contributed by atoms with van der Waals surface area (Å²) in [4.78, 5) is 29.9. The molecule has 3 aromatic heterocycles. The SMILES string of the molecule is CCc1cc(=O)n2nc(Oc3ccc(NC(=O)c4sccc4C)cc3)sc2n1. The van der Waals surface area contributed by atoms with E-state index in [-0.39, 0.29) is 11.5 Å². The highest BCUT2D eigenvalue weighted by molar-refractivity contribution is 7.18. The molecule has 0 aliphatic carbocycles. The molecular formula is C19H16N4O3S2. The van der Waals surface area contributed by atoms with Gasteiger partial charge in [0.05, 0.1) is 4.88 Å². The van der Waals surface area contributed by atoms with Crippen LogP contribution >= 0.6 is 22.7 Å². The topological polar surface area (TPSA) is 85.6 Å². The van der Waals surface area contributed by atoms with Gasteiger partial charge >= 0.3 is 0 Å². The number of thiophene rings is 1. The van der Waals surface area contributed by atoms with Crippen molar-refractivity contribution in [3.8, 4) is 10.9 Å². The van der Waals surface area contributed by atoms with Crippen LogP contribution in [0.25, 0.3) is 4.96 Å². The number of benzene rings is 1. The maximum absolute atomic E-state index is 12.3. The van der Waals surface area contributed by atoms with Crippen LogP contribution in [0.4, 0.5) is 5.69 Å². The first-order chi connectivity index (χ1) is 13.5. The zero-order chi connectivity index (χ0) is 19.7. The van der Waals surface area contributed by atoms with Crippen LogP contribution in [0.15, 0.2) is 46.6 Å². The summed E-state index contributed by atoms with van der Waals surface area (Å²) in [7, 11) is 0. The van der Waals surface area contributed by atoms with E-state index in [9.17, 15) is 9.59 Å². The van der Waals surface area contributed by atoms with Gasteiger partial charge in [-0.05, 0) is 66.0 Å². The normalized spacial score (nSPS) is 10.9. The Morgan fingerprint density at radius 3 is 2.71 bits per heavy atom. The molecule has 28 heavy (non-hydrogen) atoms. The molecule has 0 aliphatic heterocycles. The van der Waals surface area contributed by atoms with E-state index in [1.807, 2.05) is 25.3 Å². The van der Waals surface area contributed by atoms with Crippen LogP contribution in [0.3, 0.4) is 0 Å². The quantitative estimate of drug-likeness (QED) is 0.533. The van der Waals surface area contributed by atoms with Gasteiger partial charge in [0.25, 0.3) is 16.7 Å². The van der Waals surface area contributed by atoms with Crippen LogP contribution < -0.4 is 15.6 Å². The fourth-order valence-electron chi connectivity index (χ4n) is 2.56. The van der Waals surface area contributed by atoms with E-state index in [4.69, 9.17) is 4.74 Å². The van der Waals surface area contributed by atoms with E-state index in [1.54, 1.807) is 24.3 Å². The lowest BCUT2D eigenvalue weighted by Crippen LogP contribution is -2.14. The van der Waals surface area contributed by atoms with Crippen molar-refractivity contribution in [1.82, 2.24) is 14.6 Å². The zero-order valence-electron chi connectivity index (χ0n) is 15.1. The Morgan fingerprint density at radius 1 is 1.25 bits per heavy atom. The van der Waals surface area contributed by atoms with E-state index >= 15 is 0 Å². The molecular weight excluding hydrogens is 396 g/mol. The van der Waals surface area contributed by atoms with Gasteiger partial charge < -0.3 is 10.1 Å². The number of anilines is 1. The summed E-state index contributed by atoms with van der Waals surface area (Å²) in [5, 5.41) is 9.25. The number of fused-ring (bicyclic) bond motifs is 1. The first-order valence-corrected chi connectivity index (χ1v) is 10.3. The van der Waals surface area contributed by atoms with Crippen molar-refractivity contribution < 1.29 is 9.53 Å². The van der Waals surface area contributed by atoms with Crippen LogP contribution in [-0.4, -0.2) is 20.5 Å². The molecule has 0 fully saturated rings. The summed E-state index contributed by atoms with van der Waals surface area (Å²) in [6.45, 7) is 3.85. The van der Waals surface area contributed by atoms with Gasteiger partial charge in [0.1, 0.15) is 5.75 Å². The van der Waals surface area contributed by atoms with Crippen molar-refractivity contribution in [3.05, 3.63) is 68.3 Å². The van der Waals surface area contributed by atoms with E-state index in [0.29, 0.717) is 32.9 Å². The second kappa shape index (κ2) is 7.53. The second-order valence-electron chi connectivity index (χ2n) is 6.01. The predicted octanol–water partition coefficient (Wildman–Crippen LogP) is 4.13. The Morgan fingerprint density at radius 2 is 2.04 bits per heavy atom. The number of amides is 1. The molecule has 1 aromatic carbocycles. The van der Waals surface area contributed by atoms with E-state index < -0.39 is 0 Å². The molecule has 1 N–H and O–H groups in total. The average molecular weight is 412 g/mol. The van der Waals surface area contributed by atoms with E-state index in [1.165, 1.54) is 33.3 Å². The molecule has 142 valence electrons. The lowest BCUT2D eigenvalue weighted by molar-refractivity contribution is 0.103. The molecule has 0 unspecified atom stereocenters. The molecule has 0 saturated heterocycles. The van der Waals surface area contributed by atoms with Crippen molar-refractivity contribution in [2.24, 2.45) is 0 Å². The van der Waals surface area contributed by atoms with Crippen molar-refractivity contribution in [3.63, 3.8) is 0 Å². The predicted molar refractivity (Wildman–Crippen MR) is 110 cm³/mol. The Bertz CT molecular complexity index is 1210. The second-order valence-corrected chi connectivity index (χ2v) is 7.85. The molecule has 0 bridgehead atoms. The fourth-order valence-corrected chi connectivity index (χ4v) is 4.18. The van der Waals surface area contributed by atoms with Crippen LogP contribution in [0.1, 0.15) is 27.9 Å². The first-order valence-electron chi connectivity index (χ1n) is 8.56. The number of carbonyl (C=O) groups is 1. The number of carbonyl (C=O) groups excluding carboxylic acids is 1. The third kappa shape index (κ3) is 3.67. The van der Waals surface area contributed by atoms with Gasteiger partial charge in [0.15, 0.2) is 0 Å². The highest BCUT2D eigenvalue weighted by Crippen LogP contribution is 2.27. The third-order valence-corrected chi connectivity index (χ3v) is 5.83. The summed E-state index contributed by atoms with van der Waals surface area (Å²) >= 11 is 2.61. The van der Waals surface area contributed by atoms with Crippen molar-refractivity contribution in [1.29, 1.82) is 0 Å². The van der Waals surface area contributed by atoms with Crippen LogP contribution in [0.2, 0.25) is 0 Å². The third-order valence-electron chi connectivity index (χ3n) is 4.03. The number of aryl methyl sites for hydroxylation is 2. The number of nitrogens with one attached hydrogen (secondary N) is 1. The van der Waals surface area contributed by atoms with E-state index in [0.717, 1.165) is 11.3 Å². The summed E-state index contributed by atoms with van der Waals surface area (Å²) in [5.74, 6) is 0.414. The molecule has 0 spiro atoms. The number of ether oxygens (including phenoxy) is 1. The molecule has 4 rings (SSSR count). The van der Waals surface area contributed by atoms with Crippen LogP contribution in [-0.2, 0) is 6.42 Å². The molecule has 7 nitrogen and oxygen atoms in total. The number of hydrogen-bond acceptors (Lipinski definition) is 7. The number of nitrogens with zero attached hydrogens (tertiary/aromatic N) is 3. The van der Waals surface area contributed by atoms with Gasteiger partial charge in [-0.25, -0.2) is 4.98 Å². The Hall–Kier alpha value is -3.04. The summed E-state index contributed by atoms with van der Waals surface area (Å²) in [6.07, 6.45) is 0.679. The van der Waals surface area contributed by atoms with E-state index in [2.05, 4.69) is 15.4 Å². The van der Waals surface area contributed by atoms with Gasteiger partial charge in [-0.3, -0.25) is 9.59 Å². The molecule has 9 heteroatoms. The minimum atomic E-state index is -0.227. The van der Waals surface area contributed by atoms with Gasteiger partial charge in [-0.1, -0.05) is 6.92 Å². The van der Waals surface area contributed by atoms with Gasteiger partial charge in [0.2, 0.25) is 4.96 Å². The maximum Gasteiger partial charge on any atom is 0.299 e. The van der Waals surface area contributed by atoms with Crippen molar-refractivity contribution in [2.45, 2.75) is 20.3 Å². The minimum absolute atomic E-state index is 0.135. The largest absolute Gasteiger partial charge is 0.430 e. The minimum Gasteiger partial charge on any atom is -0.430 e. The molecule has 1 amide bonds. The highest BCUT2D eigenvalue weighted by atomic mass is 32.1. The molecule has 0 radical (unpaired) electrons. The first kappa shape index (κ1) is 18.3.